The van der Waals surface area contributed by atoms with E-state index in [4.69, 9.17) is 0 Å². The molecule has 1 aromatic rings. The lowest BCUT2D eigenvalue weighted by Crippen LogP contribution is -2.31. The number of carbonyl (C=O) groups excluding carboxylic acids is 1. The van der Waals surface area contributed by atoms with Crippen LogP contribution in [0.3, 0.4) is 0 Å². The highest BCUT2D eigenvalue weighted by molar-refractivity contribution is 5.93. The van der Waals surface area contributed by atoms with E-state index in [9.17, 15) is 4.79 Å². The van der Waals surface area contributed by atoms with Gasteiger partial charge in [-0.05, 0) is 25.7 Å². The van der Waals surface area contributed by atoms with Crippen LogP contribution in [0.4, 0.5) is 17.5 Å². The van der Waals surface area contributed by atoms with Crippen LogP contribution in [0.5, 0.6) is 0 Å². The van der Waals surface area contributed by atoms with Crippen LogP contribution in [0.1, 0.15) is 45.4 Å². The molecule has 0 bridgehead atoms. The maximum Gasteiger partial charge on any atom is 0.227 e. The minimum atomic E-state index is 0.0271. The first kappa shape index (κ1) is 16.5. The van der Waals surface area contributed by atoms with Gasteiger partial charge in [0.25, 0.3) is 0 Å². The topological polar surface area (TPSA) is 61.4 Å². The summed E-state index contributed by atoms with van der Waals surface area (Å²) in [4.78, 5) is 25.2. The summed E-state index contributed by atoms with van der Waals surface area (Å²) in [7, 11) is 3.87. The average Bonchev–Trinajstić information content (AvgIpc) is 2.54. The van der Waals surface area contributed by atoms with Crippen LogP contribution in [0, 0.1) is 0 Å². The molecule has 6 nitrogen and oxygen atoms in total. The molecule has 0 unspecified atom stereocenters. The summed E-state index contributed by atoms with van der Waals surface area (Å²) in [6, 6.07) is 0. The Hall–Kier alpha value is -1.85. The number of carbonyl (C=O) groups is 1. The number of amides is 1. The quantitative estimate of drug-likeness (QED) is 0.875. The number of hydrogen-bond donors (Lipinski definition) is 1. The molecule has 1 aliphatic rings. The van der Waals surface area contributed by atoms with Crippen LogP contribution >= 0.6 is 0 Å². The minimum absolute atomic E-state index is 0.0271. The molecule has 0 radical (unpaired) electrons. The first-order valence-electron chi connectivity index (χ1n) is 8.21. The van der Waals surface area contributed by atoms with E-state index in [0.29, 0.717) is 12.1 Å². The number of aromatic nitrogens is 2. The van der Waals surface area contributed by atoms with Gasteiger partial charge in [0.05, 0.1) is 6.20 Å². The lowest BCUT2D eigenvalue weighted by Gasteiger charge is -2.28. The third kappa shape index (κ3) is 4.32. The summed E-state index contributed by atoms with van der Waals surface area (Å²) in [5, 5.41) is 2.93. The van der Waals surface area contributed by atoms with Crippen molar-refractivity contribution in [1.82, 2.24) is 9.97 Å². The average molecular weight is 305 g/mol. The number of unbranched alkanes of at least 4 members (excludes halogenated alkanes) is 1. The smallest absolute Gasteiger partial charge is 0.227 e. The van der Waals surface area contributed by atoms with Crippen molar-refractivity contribution in [3.8, 4) is 0 Å². The number of hydrogen-bond acceptors (Lipinski definition) is 5. The Labute approximate surface area is 132 Å². The van der Waals surface area contributed by atoms with Gasteiger partial charge in [-0.3, -0.25) is 4.79 Å². The van der Waals surface area contributed by atoms with Gasteiger partial charge in [0, 0.05) is 33.6 Å². The van der Waals surface area contributed by atoms with E-state index in [-0.39, 0.29) is 5.91 Å². The minimum Gasteiger partial charge on any atom is -0.361 e. The zero-order valence-electron chi connectivity index (χ0n) is 13.9. The van der Waals surface area contributed by atoms with Crippen molar-refractivity contribution in [2.75, 3.05) is 42.3 Å². The maximum absolute atomic E-state index is 11.9. The highest BCUT2D eigenvalue weighted by atomic mass is 16.1. The monoisotopic (exact) mass is 305 g/mol. The number of nitrogens with zero attached hydrogens (tertiary/aromatic N) is 4. The Morgan fingerprint density at radius 2 is 2.05 bits per heavy atom. The lowest BCUT2D eigenvalue weighted by atomic mass is 10.1. The standard InChI is InChI=1S/C16H27N5O/c1-4-5-9-14(22)18-13-12-17-16(19-15(13)20(2)3)21-10-7-6-8-11-21/h12H,4-11H2,1-3H3,(H,18,22). The first-order valence-corrected chi connectivity index (χ1v) is 8.21. The summed E-state index contributed by atoms with van der Waals surface area (Å²) >= 11 is 0. The van der Waals surface area contributed by atoms with Gasteiger partial charge in [-0.2, -0.15) is 4.98 Å². The largest absolute Gasteiger partial charge is 0.361 e. The van der Waals surface area contributed by atoms with E-state index >= 15 is 0 Å². The van der Waals surface area contributed by atoms with Gasteiger partial charge in [-0.25, -0.2) is 4.98 Å². The highest BCUT2D eigenvalue weighted by Gasteiger charge is 2.17. The van der Waals surface area contributed by atoms with Gasteiger partial charge in [0.1, 0.15) is 5.69 Å². The van der Waals surface area contributed by atoms with Crippen LogP contribution in [0.15, 0.2) is 6.20 Å². The second-order valence-electron chi connectivity index (χ2n) is 6.00. The predicted molar refractivity (Wildman–Crippen MR) is 90.6 cm³/mol. The Kier molecular flexibility index (Phi) is 5.98. The van der Waals surface area contributed by atoms with E-state index < -0.39 is 0 Å². The van der Waals surface area contributed by atoms with Crippen LogP contribution in [0.25, 0.3) is 0 Å². The van der Waals surface area contributed by atoms with Crippen molar-refractivity contribution >= 4 is 23.4 Å². The van der Waals surface area contributed by atoms with Crippen LogP contribution < -0.4 is 15.1 Å². The zero-order valence-corrected chi connectivity index (χ0v) is 13.9. The number of anilines is 3. The molecule has 1 fully saturated rings. The molecule has 122 valence electrons. The lowest BCUT2D eigenvalue weighted by molar-refractivity contribution is -0.116. The number of nitrogens with one attached hydrogen (secondary N) is 1. The fraction of sp³-hybridized carbons (Fsp3) is 0.688. The van der Waals surface area contributed by atoms with Gasteiger partial charge < -0.3 is 15.1 Å². The predicted octanol–water partition coefficient (Wildman–Crippen LogP) is 2.66. The second-order valence-corrected chi connectivity index (χ2v) is 6.00. The van der Waals surface area contributed by atoms with Gasteiger partial charge in [-0.15, -0.1) is 0 Å². The Bertz CT molecular complexity index is 497. The summed E-state index contributed by atoms with van der Waals surface area (Å²) in [5.41, 5.74) is 0.687. The second kappa shape index (κ2) is 7.96. The molecule has 1 amide bonds. The summed E-state index contributed by atoms with van der Waals surface area (Å²) in [5.74, 6) is 1.55. The van der Waals surface area contributed by atoms with E-state index in [1.54, 1.807) is 6.20 Å². The molecule has 1 saturated heterocycles. The molecule has 0 aromatic carbocycles. The highest BCUT2D eigenvalue weighted by Crippen LogP contribution is 2.25. The molecule has 0 atom stereocenters. The first-order chi connectivity index (χ1) is 10.6. The zero-order chi connectivity index (χ0) is 15.9. The molecular formula is C16H27N5O. The molecular weight excluding hydrogens is 278 g/mol. The fourth-order valence-corrected chi connectivity index (χ4v) is 2.59. The van der Waals surface area contributed by atoms with E-state index in [2.05, 4.69) is 27.1 Å². The molecule has 1 N–H and O–H groups in total. The van der Waals surface area contributed by atoms with Crippen molar-refractivity contribution in [3.05, 3.63) is 6.20 Å². The van der Waals surface area contributed by atoms with Gasteiger partial charge >= 0.3 is 0 Å². The molecule has 1 aliphatic heterocycles. The normalized spacial score (nSPS) is 14.8. The Morgan fingerprint density at radius 3 is 2.68 bits per heavy atom. The molecule has 6 heteroatoms. The maximum atomic E-state index is 11.9. The molecule has 0 spiro atoms. The van der Waals surface area contributed by atoms with Crippen molar-refractivity contribution in [1.29, 1.82) is 0 Å². The summed E-state index contributed by atoms with van der Waals surface area (Å²) in [6.07, 6.45) is 7.84. The molecule has 1 aromatic heterocycles. The molecule has 22 heavy (non-hydrogen) atoms. The Morgan fingerprint density at radius 1 is 1.32 bits per heavy atom. The van der Waals surface area contributed by atoms with E-state index in [1.807, 2.05) is 19.0 Å². The van der Waals surface area contributed by atoms with Crippen LogP contribution in [-0.4, -0.2) is 43.1 Å². The van der Waals surface area contributed by atoms with Gasteiger partial charge in [-0.1, -0.05) is 13.3 Å². The van der Waals surface area contributed by atoms with Crippen LogP contribution in [-0.2, 0) is 4.79 Å². The van der Waals surface area contributed by atoms with E-state index in [0.717, 1.165) is 37.7 Å². The van der Waals surface area contributed by atoms with Crippen molar-refractivity contribution < 1.29 is 4.79 Å². The summed E-state index contributed by atoms with van der Waals surface area (Å²) in [6.45, 7) is 4.10. The third-order valence-corrected chi connectivity index (χ3v) is 3.85. The Balaban J connectivity index is 2.14. The van der Waals surface area contributed by atoms with Gasteiger partial charge in [0.15, 0.2) is 5.82 Å². The van der Waals surface area contributed by atoms with Crippen molar-refractivity contribution in [2.24, 2.45) is 0 Å². The number of rotatable bonds is 6. The molecule has 2 heterocycles. The van der Waals surface area contributed by atoms with E-state index in [1.165, 1.54) is 19.3 Å². The SMILES string of the molecule is CCCCC(=O)Nc1cnc(N2CCCCC2)nc1N(C)C. The molecule has 0 aliphatic carbocycles. The van der Waals surface area contributed by atoms with Crippen molar-refractivity contribution in [3.63, 3.8) is 0 Å². The number of piperidine rings is 1. The van der Waals surface area contributed by atoms with Crippen molar-refractivity contribution in [2.45, 2.75) is 45.4 Å². The molecule has 0 saturated carbocycles. The van der Waals surface area contributed by atoms with Gasteiger partial charge in [0.2, 0.25) is 11.9 Å². The van der Waals surface area contributed by atoms with Crippen LogP contribution in [0.2, 0.25) is 0 Å². The summed E-state index contributed by atoms with van der Waals surface area (Å²) < 4.78 is 0. The third-order valence-electron chi connectivity index (χ3n) is 3.85. The fourth-order valence-electron chi connectivity index (χ4n) is 2.59. The molecule has 2 rings (SSSR count).